The highest BCUT2D eigenvalue weighted by atomic mass is 32.2. The van der Waals surface area contributed by atoms with Gasteiger partial charge in [0.05, 0.1) is 31.8 Å². The lowest BCUT2D eigenvalue weighted by atomic mass is 9.90. The zero-order valence-corrected chi connectivity index (χ0v) is 40.8. The number of aromatic nitrogens is 5. The monoisotopic (exact) mass is 960 g/mol. The van der Waals surface area contributed by atoms with E-state index < -0.39 is 25.7 Å². The number of fused-ring (bicyclic) bond motifs is 2. The molecule has 0 spiro atoms. The van der Waals surface area contributed by atoms with E-state index in [4.69, 9.17) is 30.3 Å². The maximum Gasteiger partial charge on any atom is 0.295 e. The van der Waals surface area contributed by atoms with Crippen molar-refractivity contribution in [1.29, 1.82) is 5.26 Å². The summed E-state index contributed by atoms with van der Waals surface area (Å²) < 4.78 is 75.6. The predicted octanol–water partition coefficient (Wildman–Crippen LogP) is 11.9. The van der Waals surface area contributed by atoms with Crippen molar-refractivity contribution in [2.75, 3.05) is 10.2 Å². The van der Waals surface area contributed by atoms with E-state index in [1.54, 1.807) is 64.6 Å². The second-order valence-electron chi connectivity index (χ2n) is 17.0. The summed E-state index contributed by atoms with van der Waals surface area (Å²) in [6, 6.07) is 22.5. The summed E-state index contributed by atoms with van der Waals surface area (Å²) in [5.74, 6) is 0.440. The van der Waals surface area contributed by atoms with Crippen LogP contribution in [0.15, 0.2) is 86.7 Å². The Labute approximate surface area is 389 Å². The first-order valence-corrected chi connectivity index (χ1v) is 24.9. The minimum absolute atomic E-state index is 0.0780. The molecule has 0 aliphatic carbocycles. The minimum Gasteiger partial charge on any atom is -0.338 e. The van der Waals surface area contributed by atoms with Gasteiger partial charge in [0, 0.05) is 11.1 Å². The summed E-state index contributed by atoms with van der Waals surface area (Å²) in [6.45, 7) is 17.6. The van der Waals surface area contributed by atoms with Crippen LogP contribution >= 0.6 is 22.7 Å². The summed E-state index contributed by atoms with van der Waals surface area (Å²) in [5, 5.41) is 29.3. The van der Waals surface area contributed by atoms with Gasteiger partial charge in [0.2, 0.25) is 5.13 Å². The molecule has 4 aromatic carbocycles. The van der Waals surface area contributed by atoms with Crippen LogP contribution in [-0.4, -0.2) is 50.7 Å². The molecule has 0 saturated heterocycles. The quantitative estimate of drug-likeness (QED) is 0.0857. The van der Waals surface area contributed by atoms with Crippen molar-refractivity contribution in [2.24, 2.45) is 10.2 Å². The number of pyridine rings is 1. The standard InChI is InChI=1S/C46H44N10O6S4/c1-23-19-26(4)39(65(57,58)59)28(6)36(23)51-42-37(52-53-43-30(22-47)41(46(8,9)10)54-56(43)45-49-32-16-12-14-18-34(32)64-45)24(2)21-35(50-42)55(44-48-31-15-11-13-17-33(31)63-44)38-25(3)20-27(5)40(29(38)7)66(60,61)62/h11-21H,1-10H3,(H,50,51)(H,57,58,59)(H,60,61,62)/b53-52+. The fourth-order valence-electron chi connectivity index (χ4n) is 8.33. The van der Waals surface area contributed by atoms with E-state index in [0.717, 1.165) is 14.9 Å². The number of nitrogens with zero attached hydrogens (tertiary/aromatic N) is 9. The van der Waals surface area contributed by atoms with Crippen LogP contribution in [0, 0.1) is 59.8 Å². The molecule has 0 unspecified atom stereocenters. The normalized spacial score (nSPS) is 12.4. The van der Waals surface area contributed by atoms with Gasteiger partial charge in [-0.05, 0) is 118 Å². The van der Waals surface area contributed by atoms with Crippen LogP contribution in [0.2, 0.25) is 0 Å². The molecule has 8 aromatic rings. The van der Waals surface area contributed by atoms with Gasteiger partial charge in [-0.15, -0.1) is 10.2 Å². The van der Waals surface area contributed by atoms with Crippen molar-refractivity contribution in [3.63, 3.8) is 0 Å². The Bertz CT molecular complexity index is 3550. The number of nitrogens with one attached hydrogen (secondary N) is 1. The van der Waals surface area contributed by atoms with Gasteiger partial charge in [-0.2, -0.15) is 31.9 Å². The highest BCUT2D eigenvalue weighted by molar-refractivity contribution is 7.86. The fraction of sp³-hybridized carbons (Fsp3) is 0.239. The van der Waals surface area contributed by atoms with E-state index >= 15 is 0 Å². The molecule has 0 saturated carbocycles. The molecule has 0 fully saturated rings. The number of aryl methyl sites for hydroxylation is 5. The van der Waals surface area contributed by atoms with Crippen LogP contribution < -0.4 is 10.2 Å². The molecule has 20 heteroatoms. The predicted molar refractivity (Wildman–Crippen MR) is 259 cm³/mol. The Hall–Kier alpha value is -6.47. The van der Waals surface area contributed by atoms with Gasteiger partial charge in [0.25, 0.3) is 20.2 Å². The van der Waals surface area contributed by atoms with Crippen molar-refractivity contribution in [2.45, 2.75) is 84.4 Å². The molecule has 4 aromatic heterocycles. The molecule has 338 valence electrons. The summed E-state index contributed by atoms with van der Waals surface area (Å²) in [5.41, 5.74) is 5.28. The molecule has 0 radical (unpaired) electrons. The summed E-state index contributed by atoms with van der Waals surface area (Å²) in [6.07, 6.45) is 0. The third-order valence-corrected chi connectivity index (χ3v) is 15.3. The van der Waals surface area contributed by atoms with E-state index in [1.807, 2.05) is 76.2 Å². The van der Waals surface area contributed by atoms with Gasteiger partial charge < -0.3 is 5.32 Å². The SMILES string of the molecule is Cc1cc(N(c2nc3ccccc3s2)c2c(C)cc(C)c(S(=O)(=O)O)c2C)nc(Nc2c(C)cc(C)c(S(=O)(=O)O)c2C)c1/N=N/c1c(C#N)c(C(C)(C)C)nn1-c1nc2ccccc2s1. The van der Waals surface area contributed by atoms with Gasteiger partial charge in [0.15, 0.2) is 16.8 Å². The maximum atomic E-state index is 13.0. The van der Waals surface area contributed by atoms with Gasteiger partial charge in [0.1, 0.15) is 32.9 Å². The van der Waals surface area contributed by atoms with Gasteiger partial charge in [-0.3, -0.25) is 14.0 Å². The van der Waals surface area contributed by atoms with Crippen molar-refractivity contribution >= 4 is 103 Å². The first kappa shape index (κ1) is 46.1. The zero-order chi connectivity index (χ0) is 47.8. The largest absolute Gasteiger partial charge is 0.338 e. The summed E-state index contributed by atoms with van der Waals surface area (Å²) in [7, 11) is -9.39. The van der Waals surface area contributed by atoms with E-state index in [1.165, 1.54) is 27.4 Å². The van der Waals surface area contributed by atoms with Crippen LogP contribution in [-0.2, 0) is 25.7 Å². The van der Waals surface area contributed by atoms with E-state index in [9.17, 15) is 31.2 Å². The van der Waals surface area contributed by atoms with Crippen molar-refractivity contribution in [1.82, 2.24) is 24.7 Å². The first-order chi connectivity index (χ1) is 31.0. The lowest BCUT2D eigenvalue weighted by Gasteiger charge is -2.28. The Balaban J connectivity index is 1.42. The Morgan fingerprint density at radius 2 is 1.30 bits per heavy atom. The molecular formula is C46H44N10O6S4. The molecule has 0 bridgehead atoms. The van der Waals surface area contributed by atoms with Crippen LogP contribution in [0.3, 0.4) is 0 Å². The molecule has 0 amide bonds. The molecule has 16 nitrogen and oxygen atoms in total. The van der Waals surface area contributed by atoms with E-state index in [2.05, 4.69) is 11.4 Å². The average Bonchev–Trinajstić information content (AvgIpc) is 3.94. The number of benzene rings is 4. The summed E-state index contributed by atoms with van der Waals surface area (Å²) in [4.78, 5) is 16.1. The van der Waals surface area contributed by atoms with Crippen LogP contribution in [0.1, 0.15) is 71.0 Å². The molecular weight excluding hydrogens is 917 g/mol. The molecule has 0 atom stereocenters. The fourth-order valence-corrected chi connectivity index (χ4v) is 12.1. The lowest BCUT2D eigenvalue weighted by Crippen LogP contribution is -2.17. The molecule has 0 aliphatic rings. The number of azo groups is 1. The number of anilines is 5. The Morgan fingerprint density at radius 3 is 1.88 bits per heavy atom. The molecule has 66 heavy (non-hydrogen) atoms. The number of hydrogen-bond donors (Lipinski definition) is 3. The van der Waals surface area contributed by atoms with E-state index in [-0.39, 0.29) is 49.6 Å². The van der Waals surface area contributed by atoms with Crippen molar-refractivity contribution < 1.29 is 25.9 Å². The topological polar surface area (TPSA) is 229 Å². The lowest BCUT2D eigenvalue weighted by molar-refractivity contribution is 0.479. The number of hydrogen-bond acceptors (Lipinski definition) is 15. The Kier molecular flexibility index (Phi) is 11.7. The van der Waals surface area contributed by atoms with Gasteiger partial charge in [-0.25, -0.2) is 15.0 Å². The second kappa shape index (κ2) is 16.8. The molecule has 3 N–H and O–H groups in total. The van der Waals surface area contributed by atoms with E-state index in [0.29, 0.717) is 60.7 Å². The van der Waals surface area contributed by atoms with Crippen molar-refractivity contribution in [3.8, 4) is 11.2 Å². The highest BCUT2D eigenvalue weighted by Gasteiger charge is 2.32. The van der Waals surface area contributed by atoms with Crippen LogP contribution in [0.5, 0.6) is 0 Å². The average molecular weight is 961 g/mol. The van der Waals surface area contributed by atoms with Gasteiger partial charge in [-0.1, -0.05) is 79.8 Å². The maximum absolute atomic E-state index is 13.0. The van der Waals surface area contributed by atoms with Crippen molar-refractivity contribution in [3.05, 3.63) is 117 Å². The smallest absolute Gasteiger partial charge is 0.295 e. The Morgan fingerprint density at radius 1 is 0.727 bits per heavy atom. The van der Waals surface area contributed by atoms with Crippen LogP contribution in [0.25, 0.3) is 25.6 Å². The number of para-hydroxylation sites is 2. The zero-order valence-electron chi connectivity index (χ0n) is 37.5. The van der Waals surface area contributed by atoms with Gasteiger partial charge >= 0.3 is 0 Å². The number of rotatable bonds is 10. The highest BCUT2D eigenvalue weighted by Crippen LogP contribution is 2.47. The molecule has 0 aliphatic heterocycles. The number of nitriles is 1. The second-order valence-corrected chi connectivity index (χ2v) is 21.7. The van der Waals surface area contributed by atoms with Crippen LogP contribution in [0.4, 0.5) is 39.6 Å². The number of thiazole rings is 2. The summed E-state index contributed by atoms with van der Waals surface area (Å²) >= 11 is 2.71. The molecule has 4 heterocycles. The minimum atomic E-state index is -4.70. The molecule has 8 rings (SSSR count). The first-order valence-electron chi connectivity index (χ1n) is 20.4. The third-order valence-electron chi connectivity index (χ3n) is 11.0. The third kappa shape index (κ3) is 8.33.